The molecule has 0 amide bonds. The number of imidazole rings is 1. The summed E-state index contributed by atoms with van der Waals surface area (Å²) < 4.78 is 2.12. The fourth-order valence-electron chi connectivity index (χ4n) is 3.84. The first kappa shape index (κ1) is 15.3. The van der Waals surface area contributed by atoms with Crippen molar-refractivity contribution < 1.29 is 0 Å². The molecular formula is C18H22N6S. The standard InChI is InChI=1S/C18H22N6S/c1-2-4-19-17(3-1)23-7-5-22(6-8-23)16-13-21(14-16)11-15-12-24-9-10-25-18(24)20-15/h1-4,9-10,12,16H,5-8,11,13-14H2. The molecule has 0 atom stereocenters. The molecule has 0 N–H and O–H groups in total. The van der Waals surface area contributed by atoms with E-state index in [1.807, 2.05) is 12.3 Å². The summed E-state index contributed by atoms with van der Waals surface area (Å²) >= 11 is 1.70. The predicted molar refractivity (Wildman–Crippen MR) is 100 cm³/mol. The molecule has 6 nitrogen and oxygen atoms in total. The summed E-state index contributed by atoms with van der Waals surface area (Å²) in [7, 11) is 0. The molecule has 3 aromatic heterocycles. The molecule has 0 bridgehead atoms. The average molecular weight is 354 g/mol. The van der Waals surface area contributed by atoms with Gasteiger partial charge in [0.2, 0.25) is 0 Å². The second kappa shape index (κ2) is 6.40. The second-order valence-electron chi connectivity index (χ2n) is 6.88. The number of rotatable bonds is 4. The number of aromatic nitrogens is 3. The van der Waals surface area contributed by atoms with Crippen molar-refractivity contribution >= 4 is 22.1 Å². The van der Waals surface area contributed by atoms with Crippen molar-refractivity contribution in [2.45, 2.75) is 12.6 Å². The number of hydrogen-bond donors (Lipinski definition) is 0. The maximum absolute atomic E-state index is 4.69. The highest BCUT2D eigenvalue weighted by molar-refractivity contribution is 7.15. The van der Waals surface area contributed by atoms with Gasteiger partial charge < -0.3 is 4.90 Å². The lowest BCUT2D eigenvalue weighted by molar-refractivity contribution is 0.0249. The van der Waals surface area contributed by atoms with E-state index in [0.717, 1.165) is 56.6 Å². The third kappa shape index (κ3) is 3.03. The van der Waals surface area contributed by atoms with E-state index in [2.05, 4.69) is 59.0 Å². The Bertz CT molecular complexity index is 801. The first-order valence-electron chi connectivity index (χ1n) is 8.88. The SMILES string of the molecule is c1ccc(N2CCN(C3CN(Cc4cn5ccsc5n4)C3)CC2)nc1. The third-order valence-corrected chi connectivity index (χ3v) is 6.04. The molecule has 3 aromatic rings. The van der Waals surface area contributed by atoms with Gasteiger partial charge in [-0.15, -0.1) is 11.3 Å². The lowest BCUT2D eigenvalue weighted by Crippen LogP contribution is -2.62. The van der Waals surface area contributed by atoms with Gasteiger partial charge in [0.15, 0.2) is 4.96 Å². The molecule has 0 unspecified atom stereocenters. The first-order valence-corrected chi connectivity index (χ1v) is 9.76. The number of fused-ring (bicyclic) bond motifs is 1. The maximum atomic E-state index is 4.69. The van der Waals surface area contributed by atoms with Crippen molar-refractivity contribution in [3.05, 3.63) is 47.9 Å². The van der Waals surface area contributed by atoms with Crippen LogP contribution in [0.2, 0.25) is 0 Å². The summed E-state index contributed by atoms with van der Waals surface area (Å²) in [6, 6.07) is 6.86. The van der Waals surface area contributed by atoms with Crippen LogP contribution in [0.4, 0.5) is 5.82 Å². The molecule has 2 aliphatic rings. The molecular weight excluding hydrogens is 332 g/mol. The number of thiazole rings is 1. The lowest BCUT2D eigenvalue weighted by atomic mass is 10.1. The van der Waals surface area contributed by atoms with Gasteiger partial charge in [-0.3, -0.25) is 14.2 Å². The maximum Gasteiger partial charge on any atom is 0.193 e. The van der Waals surface area contributed by atoms with Gasteiger partial charge in [0, 0.05) is 75.8 Å². The van der Waals surface area contributed by atoms with Crippen molar-refractivity contribution in [2.75, 3.05) is 44.2 Å². The van der Waals surface area contributed by atoms with E-state index in [9.17, 15) is 0 Å². The van der Waals surface area contributed by atoms with Crippen LogP contribution in [-0.2, 0) is 6.54 Å². The van der Waals surface area contributed by atoms with Crippen LogP contribution >= 0.6 is 11.3 Å². The number of nitrogens with zero attached hydrogens (tertiary/aromatic N) is 6. The molecule has 2 fully saturated rings. The highest BCUT2D eigenvalue weighted by atomic mass is 32.1. The first-order chi connectivity index (χ1) is 12.3. The molecule has 2 saturated heterocycles. The lowest BCUT2D eigenvalue weighted by Gasteiger charge is -2.48. The quantitative estimate of drug-likeness (QED) is 0.714. The Labute approximate surface area is 151 Å². The van der Waals surface area contributed by atoms with Gasteiger partial charge in [0.05, 0.1) is 5.69 Å². The van der Waals surface area contributed by atoms with Crippen molar-refractivity contribution in [3.8, 4) is 0 Å². The molecule has 7 heteroatoms. The van der Waals surface area contributed by atoms with E-state index in [1.54, 1.807) is 11.3 Å². The number of pyridine rings is 1. The average Bonchev–Trinajstić information content (AvgIpc) is 3.20. The summed E-state index contributed by atoms with van der Waals surface area (Å²) in [6.07, 6.45) is 6.12. The zero-order valence-electron chi connectivity index (χ0n) is 14.2. The van der Waals surface area contributed by atoms with Gasteiger partial charge in [-0.05, 0) is 12.1 Å². The number of anilines is 1. The van der Waals surface area contributed by atoms with E-state index in [1.165, 1.54) is 5.69 Å². The van der Waals surface area contributed by atoms with Gasteiger partial charge in [0.1, 0.15) is 5.82 Å². The highest BCUT2D eigenvalue weighted by Gasteiger charge is 2.33. The fourth-order valence-corrected chi connectivity index (χ4v) is 4.56. The summed E-state index contributed by atoms with van der Waals surface area (Å²) in [5.41, 5.74) is 1.19. The highest BCUT2D eigenvalue weighted by Crippen LogP contribution is 2.21. The molecule has 0 aromatic carbocycles. The Morgan fingerprint density at radius 3 is 2.76 bits per heavy atom. The zero-order valence-corrected chi connectivity index (χ0v) is 15.0. The van der Waals surface area contributed by atoms with Gasteiger partial charge in [-0.2, -0.15) is 0 Å². The van der Waals surface area contributed by atoms with Crippen LogP contribution in [-0.4, -0.2) is 69.5 Å². The third-order valence-electron chi connectivity index (χ3n) is 5.27. The Kier molecular flexibility index (Phi) is 3.92. The molecule has 2 aliphatic heterocycles. The van der Waals surface area contributed by atoms with Gasteiger partial charge in [0.25, 0.3) is 0 Å². The second-order valence-corrected chi connectivity index (χ2v) is 7.76. The van der Waals surface area contributed by atoms with Gasteiger partial charge in [-0.1, -0.05) is 6.07 Å². The largest absolute Gasteiger partial charge is 0.354 e. The number of likely N-dealkylation sites (tertiary alicyclic amines) is 1. The van der Waals surface area contributed by atoms with E-state index in [-0.39, 0.29) is 0 Å². The van der Waals surface area contributed by atoms with Crippen LogP contribution < -0.4 is 4.90 Å². The summed E-state index contributed by atoms with van der Waals surface area (Å²) in [6.45, 7) is 7.71. The molecule has 25 heavy (non-hydrogen) atoms. The Morgan fingerprint density at radius 2 is 2.00 bits per heavy atom. The zero-order chi connectivity index (χ0) is 16.6. The molecule has 130 valence electrons. The van der Waals surface area contributed by atoms with Crippen LogP contribution in [0.15, 0.2) is 42.2 Å². The Morgan fingerprint density at radius 1 is 1.12 bits per heavy atom. The smallest absolute Gasteiger partial charge is 0.193 e. The monoisotopic (exact) mass is 354 g/mol. The summed E-state index contributed by atoms with van der Waals surface area (Å²) in [5.74, 6) is 1.11. The Balaban J connectivity index is 1.11. The van der Waals surface area contributed by atoms with Crippen molar-refractivity contribution in [3.63, 3.8) is 0 Å². The van der Waals surface area contributed by atoms with Crippen molar-refractivity contribution in [2.24, 2.45) is 0 Å². The Hall–Kier alpha value is -1.96. The number of hydrogen-bond acceptors (Lipinski definition) is 6. The molecule has 5 heterocycles. The van der Waals surface area contributed by atoms with E-state index < -0.39 is 0 Å². The normalized spacial score (nSPS) is 20.2. The number of piperazine rings is 1. The molecule has 0 aliphatic carbocycles. The predicted octanol–water partition coefficient (Wildman–Crippen LogP) is 1.80. The van der Waals surface area contributed by atoms with Crippen LogP contribution in [0.3, 0.4) is 0 Å². The molecule has 0 radical (unpaired) electrons. The minimum absolute atomic E-state index is 0.703. The topological polar surface area (TPSA) is 39.9 Å². The van der Waals surface area contributed by atoms with Crippen LogP contribution in [0.5, 0.6) is 0 Å². The van der Waals surface area contributed by atoms with Crippen molar-refractivity contribution in [1.29, 1.82) is 0 Å². The van der Waals surface area contributed by atoms with Gasteiger partial charge >= 0.3 is 0 Å². The minimum Gasteiger partial charge on any atom is -0.354 e. The fraction of sp³-hybridized carbons (Fsp3) is 0.444. The minimum atomic E-state index is 0.703. The van der Waals surface area contributed by atoms with E-state index in [0.29, 0.717) is 6.04 Å². The van der Waals surface area contributed by atoms with E-state index in [4.69, 9.17) is 0 Å². The van der Waals surface area contributed by atoms with Crippen LogP contribution in [0.25, 0.3) is 4.96 Å². The van der Waals surface area contributed by atoms with E-state index >= 15 is 0 Å². The molecule has 0 saturated carbocycles. The van der Waals surface area contributed by atoms with Crippen molar-refractivity contribution in [1.82, 2.24) is 24.2 Å². The van der Waals surface area contributed by atoms with Crippen LogP contribution in [0, 0.1) is 0 Å². The summed E-state index contributed by atoms with van der Waals surface area (Å²) in [4.78, 5) is 17.8. The summed E-state index contributed by atoms with van der Waals surface area (Å²) in [5, 5.41) is 2.08. The molecule has 0 spiro atoms. The van der Waals surface area contributed by atoms with Crippen LogP contribution in [0.1, 0.15) is 5.69 Å². The van der Waals surface area contributed by atoms with Gasteiger partial charge in [-0.25, -0.2) is 9.97 Å². The molecule has 5 rings (SSSR count).